The maximum atomic E-state index is 11.3. The molecule has 19 heavy (non-hydrogen) atoms. The van der Waals surface area contributed by atoms with E-state index in [1.165, 1.54) is 32.1 Å². The van der Waals surface area contributed by atoms with Crippen molar-refractivity contribution in [3.63, 3.8) is 0 Å². The van der Waals surface area contributed by atoms with Gasteiger partial charge in [0.05, 0.1) is 0 Å². The Balaban J connectivity index is 1.41. The highest BCUT2D eigenvalue weighted by Gasteiger charge is 2.53. The maximum absolute atomic E-state index is 11.3. The van der Waals surface area contributed by atoms with Crippen LogP contribution < -0.4 is 0 Å². The molecule has 3 aliphatic rings. The highest BCUT2D eigenvalue weighted by Crippen LogP contribution is 2.61. The summed E-state index contributed by atoms with van der Waals surface area (Å²) in [5.41, 5.74) is 0.499. The minimum absolute atomic E-state index is 0.246. The third-order valence-electron chi connectivity index (χ3n) is 5.36. The first kappa shape index (κ1) is 13.5. The summed E-state index contributed by atoms with van der Waals surface area (Å²) in [6.07, 6.45) is 7.35. The lowest BCUT2D eigenvalue weighted by atomic mass is 9.81. The lowest BCUT2D eigenvalue weighted by Gasteiger charge is -2.31. The number of carbonyl (C=O) groups excluding carboxylic acids is 1. The van der Waals surface area contributed by atoms with E-state index in [0.29, 0.717) is 12.2 Å². The quantitative estimate of drug-likeness (QED) is 0.437. The Morgan fingerprint density at radius 3 is 2.84 bits per heavy atom. The van der Waals surface area contributed by atoms with Gasteiger partial charge in [-0.1, -0.05) is 13.0 Å². The second-order valence-corrected chi connectivity index (χ2v) is 7.83. The van der Waals surface area contributed by atoms with E-state index >= 15 is 0 Å². The minimum Gasteiger partial charge on any atom is -0.461 e. The molecule has 0 amide bonds. The average molecular weight is 280 g/mol. The van der Waals surface area contributed by atoms with Crippen molar-refractivity contribution in [2.24, 2.45) is 23.7 Å². The van der Waals surface area contributed by atoms with Gasteiger partial charge in [0, 0.05) is 16.6 Å². The van der Waals surface area contributed by atoms with Gasteiger partial charge >= 0.3 is 5.97 Å². The number of hydrogen-bond donors (Lipinski definition) is 0. The Kier molecular flexibility index (Phi) is 3.93. The van der Waals surface area contributed by atoms with Crippen molar-refractivity contribution >= 4 is 17.7 Å². The summed E-state index contributed by atoms with van der Waals surface area (Å²) in [6.45, 7) is 5.84. The summed E-state index contributed by atoms with van der Waals surface area (Å²) in [6, 6.07) is 0. The molecule has 0 aliphatic heterocycles. The number of thioether (sulfide) groups is 1. The summed E-state index contributed by atoms with van der Waals surface area (Å²) in [7, 11) is 0. The number of esters is 1. The van der Waals surface area contributed by atoms with Crippen LogP contribution in [0.4, 0.5) is 0 Å². The van der Waals surface area contributed by atoms with Crippen molar-refractivity contribution in [1.82, 2.24) is 0 Å². The molecule has 0 radical (unpaired) electrons. The van der Waals surface area contributed by atoms with Crippen LogP contribution in [0.1, 0.15) is 39.0 Å². The molecule has 2 nitrogen and oxygen atoms in total. The Labute approximate surface area is 120 Å². The molecule has 0 N–H and O–H groups in total. The smallest absolute Gasteiger partial charge is 0.333 e. The molecule has 3 fully saturated rings. The molecule has 0 aromatic carbocycles. The Hall–Kier alpha value is -0.440. The molecule has 0 heterocycles. The number of fused-ring (bicyclic) bond motifs is 5. The molecule has 3 rings (SSSR count). The number of carbonyl (C=O) groups is 1. The van der Waals surface area contributed by atoms with Crippen molar-refractivity contribution in [3.05, 3.63) is 12.2 Å². The Morgan fingerprint density at radius 1 is 1.26 bits per heavy atom. The third kappa shape index (κ3) is 2.58. The fraction of sp³-hybridized carbons (Fsp3) is 0.812. The molecule has 3 saturated carbocycles. The molecule has 106 valence electrons. The zero-order valence-electron chi connectivity index (χ0n) is 11.8. The van der Waals surface area contributed by atoms with E-state index in [0.717, 1.165) is 34.7 Å². The minimum atomic E-state index is -0.246. The fourth-order valence-electron chi connectivity index (χ4n) is 4.65. The zero-order chi connectivity index (χ0) is 13.4. The molecule has 5 unspecified atom stereocenters. The van der Waals surface area contributed by atoms with Gasteiger partial charge in [0.15, 0.2) is 0 Å². The van der Waals surface area contributed by atoms with Gasteiger partial charge in [0.2, 0.25) is 0 Å². The van der Waals surface area contributed by atoms with E-state index in [1.54, 1.807) is 6.92 Å². The molecular weight excluding hydrogens is 256 g/mol. The van der Waals surface area contributed by atoms with E-state index in [9.17, 15) is 4.79 Å². The Morgan fingerprint density at radius 2 is 2.05 bits per heavy atom. The predicted octanol–water partition coefficient (Wildman–Crippen LogP) is 3.66. The lowest BCUT2D eigenvalue weighted by molar-refractivity contribution is -0.138. The maximum Gasteiger partial charge on any atom is 0.333 e. The standard InChI is InChI=1S/C16H24O2S/c1-10(2)16(17)18-6-7-19-15-9-11-8-14(15)13-5-3-4-12(11)13/h11-15H,1,3-9H2,2H3. The highest BCUT2D eigenvalue weighted by molar-refractivity contribution is 7.99. The fourth-order valence-corrected chi connectivity index (χ4v) is 6.08. The summed E-state index contributed by atoms with van der Waals surface area (Å²) < 4.78 is 5.17. The van der Waals surface area contributed by atoms with Gasteiger partial charge in [0.25, 0.3) is 0 Å². The van der Waals surface area contributed by atoms with E-state index in [1.807, 2.05) is 11.8 Å². The normalized spacial score (nSPS) is 39.3. The molecule has 5 atom stereocenters. The molecule has 2 bridgehead atoms. The van der Waals surface area contributed by atoms with Crippen molar-refractivity contribution in [1.29, 1.82) is 0 Å². The number of hydrogen-bond acceptors (Lipinski definition) is 3. The van der Waals surface area contributed by atoms with Crippen molar-refractivity contribution in [2.45, 2.75) is 44.3 Å². The monoisotopic (exact) mass is 280 g/mol. The lowest BCUT2D eigenvalue weighted by Crippen LogP contribution is -2.26. The largest absolute Gasteiger partial charge is 0.461 e. The topological polar surface area (TPSA) is 26.3 Å². The van der Waals surface area contributed by atoms with Gasteiger partial charge in [0.1, 0.15) is 6.61 Å². The van der Waals surface area contributed by atoms with Crippen LogP contribution in [-0.2, 0) is 9.53 Å². The van der Waals surface area contributed by atoms with Crippen molar-refractivity contribution < 1.29 is 9.53 Å². The average Bonchev–Trinajstić information content (AvgIpc) is 3.05. The van der Waals surface area contributed by atoms with Crippen LogP contribution in [0, 0.1) is 23.7 Å². The summed E-state index contributed by atoms with van der Waals surface area (Å²) in [4.78, 5) is 11.3. The van der Waals surface area contributed by atoms with Gasteiger partial charge in [-0.15, -0.1) is 0 Å². The zero-order valence-corrected chi connectivity index (χ0v) is 12.6. The van der Waals surface area contributed by atoms with Crippen LogP contribution in [-0.4, -0.2) is 23.6 Å². The first-order valence-corrected chi connectivity index (χ1v) is 8.66. The first-order valence-electron chi connectivity index (χ1n) is 7.61. The Bertz CT molecular complexity index is 379. The van der Waals surface area contributed by atoms with E-state index < -0.39 is 0 Å². The first-order chi connectivity index (χ1) is 9.16. The predicted molar refractivity (Wildman–Crippen MR) is 79.1 cm³/mol. The molecule has 3 aliphatic carbocycles. The van der Waals surface area contributed by atoms with E-state index in [2.05, 4.69) is 6.58 Å². The van der Waals surface area contributed by atoms with Crippen LogP contribution in [0.25, 0.3) is 0 Å². The van der Waals surface area contributed by atoms with Crippen LogP contribution in [0.15, 0.2) is 12.2 Å². The van der Waals surface area contributed by atoms with Crippen LogP contribution in [0.2, 0.25) is 0 Å². The molecule has 0 spiro atoms. The molecular formula is C16H24O2S. The second kappa shape index (κ2) is 5.51. The van der Waals surface area contributed by atoms with Gasteiger partial charge in [-0.05, 0) is 56.3 Å². The number of ether oxygens (including phenoxy) is 1. The van der Waals surface area contributed by atoms with E-state index in [-0.39, 0.29) is 5.97 Å². The number of rotatable bonds is 5. The van der Waals surface area contributed by atoms with Gasteiger partial charge in [-0.25, -0.2) is 4.79 Å². The summed E-state index contributed by atoms with van der Waals surface area (Å²) >= 11 is 2.04. The SMILES string of the molecule is C=C(C)C(=O)OCCSC1CC2CC1C1CCCC21. The van der Waals surface area contributed by atoms with Gasteiger partial charge in [-0.2, -0.15) is 11.8 Å². The molecule has 0 saturated heterocycles. The van der Waals surface area contributed by atoms with Gasteiger partial charge < -0.3 is 4.74 Å². The third-order valence-corrected chi connectivity index (χ3v) is 6.74. The van der Waals surface area contributed by atoms with Crippen molar-refractivity contribution in [2.75, 3.05) is 12.4 Å². The van der Waals surface area contributed by atoms with Crippen LogP contribution in [0.5, 0.6) is 0 Å². The molecule has 3 heteroatoms. The van der Waals surface area contributed by atoms with Gasteiger partial charge in [-0.3, -0.25) is 0 Å². The highest BCUT2D eigenvalue weighted by atomic mass is 32.2. The molecule has 0 aromatic rings. The van der Waals surface area contributed by atoms with Crippen molar-refractivity contribution in [3.8, 4) is 0 Å². The summed E-state index contributed by atoms with van der Waals surface area (Å²) in [5, 5.41) is 0.841. The molecule has 0 aromatic heterocycles. The van der Waals surface area contributed by atoms with E-state index in [4.69, 9.17) is 4.74 Å². The second-order valence-electron chi connectivity index (χ2n) is 6.48. The van der Waals surface area contributed by atoms with Crippen LogP contribution in [0.3, 0.4) is 0 Å². The van der Waals surface area contributed by atoms with Crippen LogP contribution >= 0.6 is 11.8 Å². The summed E-state index contributed by atoms with van der Waals surface area (Å²) in [5.74, 6) is 4.80.